The highest BCUT2D eigenvalue weighted by molar-refractivity contribution is 5.77. The van der Waals surface area contributed by atoms with Gasteiger partial charge in [0.2, 0.25) is 12.7 Å². The van der Waals surface area contributed by atoms with E-state index < -0.39 is 0 Å². The summed E-state index contributed by atoms with van der Waals surface area (Å²) in [7, 11) is 0. The zero-order valence-corrected chi connectivity index (χ0v) is 20.5. The monoisotopic (exact) mass is 497 g/mol. The van der Waals surface area contributed by atoms with E-state index in [1.54, 1.807) is 0 Å². The molecule has 0 aliphatic carbocycles. The van der Waals surface area contributed by atoms with Crippen LogP contribution in [0, 0.1) is 0 Å². The summed E-state index contributed by atoms with van der Waals surface area (Å²) in [4.78, 5) is 12.9. The number of nitrogens with zero attached hydrogens (tertiary/aromatic N) is 2. The van der Waals surface area contributed by atoms with E-state index in [-0.39, 0.29) is 18.7 Å². The predicted octanol–water partition coefficient (Wildman–Crippen LogP) is 4.85. The smallest absolute Gasteiger partial charge is 0.231 e. The number of hydrogen-bond donors (Lipinski definition) is 1. The lowest BCUT2D eigenvalue weighted by Gasteiger charge is -2.21. The first-order valence-corrected chi connectivity index (χ1v) is 12.4. The lowest BCUT2D eigenvalue weighted by atomic mass is 10.0. The molecule has 1 amide bonds. The minimum atomic E-state index is -0.163. The first-order valence-electron chi connectivity index (χ1n) is 12.4. The molecule has 0 radical (unpaired) electrons. The van der Waals surface area contributed by atoms with Crippen molar-refractivity contribution >= 4 is 5.91 Å². The maximum absolute atomic E-state index is 12.9. The van der Waals surface area contributed by atoms with Gasteiger partial charge in [-0.25, -0.2) is 4.68 Å². The second-order valence-electron chi connectivity index (χ2n) is 9.04. The van der Waals surface area contributed by atoms with E-state index in [9.17, 15) is 4.79 Å². The molecular formula is C29H27N3O5. The molecule has 1 aromatic heterocycles. The number of aromatic nitrogens is 2. The maximum atomic E-state index is 12.9. The average molecular weight is 498 g/mol. The molecule has 1 atom stereocenters. The van der Waals surface area contributed by atoms with Crippen molar-refractivity contribution in [3.63, 3.8) is 0 Å². The Kier molecular flexibility index (Phi) is 6.14. The van der Waals surface area contributed by atoms with Crippen molar-refractivity contribution in [1.82, 2.24) is 15.1 Å². The SMILES string of the molecule is C[C@@H](NC(=O)CCc1cn(-c2ccccc2)nc1-c1ccc2c(c1)OCO2)c1ccc2c(c1)OCCO2. The van der Waals surface area contributed by atoms with Crippen LogP contribution in [0.1, 0.15) is 30.5 Å². The number of fused-ring (bicyclic) bond motifs is 2. The Labute approximate surface area is 214 Å². The van der Waals surface area contributed by atoms with Crippen LogP contribution in [-0.4, -0.2) is 35.7 Å². The molecule has 0 saturated heterocycles. The molecule has 188 valence electrons. The number of rotatable bonds is 7. The van der Waals surface area contributed by atoms with Crippen molar-refractivity contribution in [2.45, 2.75) is 25.8 Å². The van der Waals surface area contributed by atoms with Crippen molar-refractivity contribution < 1.29 is 23.7 Å². The first kappa shape index (κ1) is 23.0. The van der Waals surface area contributed by atoms with Gasteiger partial charge in [-0.1, -0.05) is 24.3 Å². The van der Waals surface area contributed by atoms with Crippen LogP contribution in [0.5, 0.6) is 23.0 Å². The van der Waals surface area contributed by atoms with Gasteiger partial charge in [-0.05, 0) is 66.9 Å². The van der Waals surface area contributed by atoms with E-state index in [2.05, 4.69) is 5.32 Å². The minimum Gasteiger partial charge on any atom is -0.486 e. The van der Waals surface area contributed by atoms with Crippen molar-refractivity contribution in [3.8, 4) is 39.9 Å². The molecule has 3 heterocycles. The van der Waals surface area contributed by atoms with Crippen LogP contribution in [0.15, 0.2) is 72.9 Å². The quantitative estimate of drug-likeness (QED) is 0.393. The number of carbonyl (C=O) groups is 1. The molecule has 0 fully saturated rings. The number of amides is 1. The number of hydrogen-bond acceptors (Lipinski definition) is 6. The zero-order chi connectivity index (χ0) is 25.2. The largest absolute Gasteiger partial charge is 0.486 e. The zero-order valence-electron chi connectivity index (χ0n) is 20.5. The highest BCUT2D eigenvalue weighted by atomic mass is 16.7. The standard InChI is InChI=1S/C29H27N3O5/c1-19(20-7-10-24-26(15-20)35-14-13-34-24)30-28(33)12-9-22-17-32(23-5-3-2-4-6-23)31-29(22)21-8-11-25-27(16-21)37-18-36-25/h2-8,10-11,15-17,19H,9,12-14,18H2,1H3,(H,30,33)/t19-/m1/s1. The lowest BCUT2D eigenvalue weighted by molar-refractivity contribution is -0.121. The van der Waals surface area contributed by atoms with E-state index in [4.69, 9.17) is 24.0 Å². The molecular weight excluding hydrogens is 470 g/mol. The summed E-state index contributed by atoms with van der Waals surface area (Å²) in [6.45, 7) is 3.26. The summed E-state index contributed by atoms with van der Waals surface area (Å²) in [5.41, 5.74) is 4.63. The Bertz CT molecular complexity index is 1430. The van der Waals surface area contributed by atoms with Gasteiger partial charge in [-0.15, -0.1) is 0 Å². The van der Waals surface area contributed by atoms with Crippen LogP contribution in [0.25, 0.3) is 16.9 Å². The van der Waals surface area contributed by atoms with Crippen LogP contribution in [0.2, 0.25) is 0 Å². The molecule has 37 heavy (non-hydrogen) atoms. The number of aryl methyl sites for hydroxylation is 1. The molecule has 2 aliphatic heterocycles. The summed E-state index contributed by atoms with van der Waals surface area (Å²) in [6.07, 6.45) is 2.86. The third-order valence-corrected chi connectivity index (χ3v) is 6.52. The highest BCUT2D eigenvalue weighted by Crippen LogP contribution is 2.37. The topological polar surface area (TPSA) is 83.8 Å². The van der Waals surface area contributed by atoms with Gasteiger partial charge in [0.25, 0.3) is 0 Å². The minimum absolute atomic E-state index is 0.0357. The fraction of sp³-hybridized carbons (Fsp3) is 0.241. The van der Waals surface area contributed by atoms with Crippen LogP contribution in [0.3, 0.4) is 0 Å². The van der Waals surface area contributed by atoms with Crippen molar-refractivity contribution in [2.24, 2.45) is 0 Å². The number of carbonyl (C=O) groups excluding carboxylic acids is 1. The van der Waals surface area contributed by atoms with Gasteiger partial charge in [0.1, 0.15) is 13.2 Å². The van der Waals surface area contributed by atoms with E-state index in [1.807, 2.05) is 84.5 Å². The molecule has 2 aliphatic rings. The van der Waals surface area contributed by atoms with E-state index in [1.165, 1.54) is 0 Å². The summed E-state index contributed by atoms with van der Waals surface area (Å²) in [5, 5.41) is 7.97. The molecule has 6 rings (SSSR count). The second-order valence-corrected chi connectivity index (χ2v) is 9.04. The summed E-state index contributed by atoms with van der Waals surface area (Å²) < 4.78 is 24.2. The maximum Gasteiger partial charge on any atom is 0.231 e. The molecule has 1 N–H and O–H groups in total. The van der Waals surface area contributed by atoms with Crippen molar-refractivity contribution in [1.29, 1.82) is 0 Å². The predicted molar refractivity (Wildman–Crippen MR) is 137 cm³/mol. The molecule has 8 nitrogen and oxygen atoms in total. The van der Waals surface area contributed by atoms with Gasteiger partial charge in [0.15, 0.2) is 23.0 Å². The van der Waals surface area contributed by atoms with Gasteiger partial charge < -0.3 is 24.3 Å². The number of nitrogens with one attached hydrogen (secondary N) is 1. The third-order valence-electron chi connectivity index (χ3n) is 6.52. The molecule has 0 saturated carbocycles. The van der Waals surface area contributed by atoms with Gasteiger partial charge in [-0.3, -0.25) is 4.79 Å². The number of ether oxygens (including phenoxy) is 4. The van der Waals surface area contributed by atoms with Crippen LogP contribution in [0.4, 0.5) is 0 Å². The Morgan fingerprint density at radius 1 is 0.919 bits per heavy atom. The average Bonchev–Trinajstić information content (AvgIpc) is 3.59. The number of para-hydroxylation sites is 1. The van der Waals surface area contributed by atoms with E-state index in [0.29, 0.717) is 37.6 Å². The molecule has 0 unspecified atom stereocenters. The Balaban J connectivity index is 1.19. The summed E-state index contributed by atoms with van der Waals surface area (Å²) in [5.74, 6) is 2.84. The van der Waals surface area contributed by atoms with Gasteiger partial charge in [-0.2, -0.15) is 5.10 Å². The normalized spacial score (nSPS) is 14.3. The summed E-state index contributed by atoms with van der Waals surface area (Å²) in [6, 6.07) is 21.3. The Morgan fingerprint density at radius 2 is 1.65 bits per heavy atom. The molecule has 4 aromatic rings. The van der Waals surface area contributed by atoms with Gasteiger partial charge in [0.05, 0.1) is 17.4 Å². The van der Waals surface area contributed by atoms with Crippen molar-refractivity contribution in [2.75, 3.05) is 20.0 Å². The van der Waals surface area contributed by atoms with Gasteiger partial charge in [0, 0.05) is 18.2 Å². The van der Waals surface area contributed by atoms with E-state index >= 15 is 0 Å². The van der Waals surface area contributed by atoms with E-state index in [0.717, 1.165) is 39.6 Å². The molecule has 8 heteroatoms. The van der Waals surface area contributed by atoms with Crippen LogP contribution in [-0.2, 0) is 11.2 Å². The fourth-order valence-corrected chi connectivity index (χ4v) is 4.57. The first-order chi connectivity index (χ1) is 18.1. The van der Waals surface area contributed by atoms with Crippen LogP contribution < -0.4 is 24.3 Å². The van der Waals surface area contributed by atoms with Gasteiger partial charge >= 0.3 is 0 Å². The summed E-state index contributed by atoms with van der Waals surface area (Å²) >= 11 is 0. The Hall–Kier alpha value is -4.46. The third kappa shape index (κ3) is 4.82. The second kappa shape index (κ2) is 9.89. The van der Waals surface area contributed by atoms with Crippen molar-refractivity contribution in [3.05, 3.63) is 84.1 Å². The molecule has 0 spiro atoms. The highest BCUT2D eigenvalue weighted by Gasteiger charge is 2.20. The van der Waals surface area contributed by atoms with Crippen LogP contribution >= 0.6 is 0 Å². The number of benzene rings is 3. The lowest BCUT2D eigenvalue weighted by Crippen LogP contribution is -2.27. The molecule has 3 aromatic carbocycles. The Morgan fingerprint density at radius 3 is 2.51 bits per heavy atom. The molecule has 0 bridgehead atoms. The fourth-order valence-electron chi connectivity index (χ4n) is 4.57.